The highest BCUT2D eigenvalue weighted by Gasteiger charge is 2.18. The number of rotatable bonds is 5. The highest BCUT2D eigenvalue weighted by atomic mass is 19.1. The lowest BCUT2D eigenvalue weighted by molar-refractivity contribution is 0.287. The first kappa shape index (κ1) is 17.3. The van der Waals surface area contributed by atoms with E-state index in [4.69, 9.17) is 5.11 Å². The van der Waals surface area contributed by atoms with Gasteiger partial charge in [0.05, 0.1) is 11.2 Å². The van der Waals surface area contributed by atoms with E-state index in [1.54, 1.807) is 29.1 Å². The number of pyridine rings is 1. The van der Waals surface area contributed by atoms with Crippen molar-refractivity contribution in [2.45, 2.75) is 19.8 Å². The Balaban J connectivity index is 1.94. The van der Waals surface area contributed by atoms with Crippen molar-refractivity contribution in [2.24, 2.45) is 0 Å². The van der Waals surface area contributed by atoms with Crippen molar-refractivity contribution in [1.29, 1.82) is 0 Å². The monoisotopic (exact) mass is 362 g/mol. The quantitative estimate of drug-likeness (QED) is 0.586. The van der Waals surface area contributed by atoms with E-state index in [2.05, 4.69) is 15.1 Å². The fourth-order valence-electron chi connectivity index (χ4n) is 3.13. The van der Waals surface area contributed by atoms with Crippen LogP contribution in [0.25, 0.3) is 28.0 Å². The summed E-state index contributed by atoms with van der Waals surface area (Å²) in [6.45, 7) is 2.09. The van der Waals surface area contributed by atoms with Gasteiger partial charge in [0.15, 0.2) is 11.6 Å². The molecule has 2 aromatic heterocycles. The Hall–Kier alpha value is -3.12. The molecule has 0 saturated carbocycles. The molecule has 0 bridgehead atoms. The average molecular weight is 362 g/mol. The van der Waals surface area contributed by atoms with Crippen molar-refractivity contribution in [3.8, 4) is 17.1 Å². The van der Waals surface area contributed by atoms with E-state index in [0.29, 0.717) is 35.4 Å². The molecule has 0 spiro atoms. The van der Waals surface area contributed by atoms with E-state index in [9.17, 15) is 4.39 Å². The molecule has 0 radical (unpaired) electrons. The molecule has 0 saturated heterocycles. The number of halogens is 1. The van der Waals surface area contributed by atoms with Gasteiger partial charge in [-0.15, -0.1) is 0 Å². The number of aliphatic hydroxyl groups is 1. The number of aromatic nitrogens is 4. The summed E-state index contributed by atoms with van der Waals surface area (Å²) in [4.78, 5) is 9.06. The molecule has 6 heteroatoms. The third-order valence-electron chi connectivity index (χ3n) is 4.41. The lowest BCUT2D eigenvalue weighted by Crippen LogP contribution is -2.01. The molecule has 1 N–H and O–H groups in total. The van der Waals surface area contributed by atoms with Crippen molar-refractivity contribution in [3.05, 3.63) is 71.9 Å². The molecular formula is C21H19FN4O. The molecule has 4 aromatic rings. The summed E-state index contributed by atoms with van der Waals surface area (Å²) < 4.78 is 16.0. The second-order valence-corrected chi connectivity index (χ2v) is 6.42. The Morgan fingerprint density at radius 3 is 2.81 bits per heavy atom. The summed E-state index contributed by atoms with van der Waals surface area (Å²) >= 11 is 0. The van der Waals surface area contributed by atoms with Gasteiger partial charge in [-0.05, 0) is 55.3 Å². The van der Waals surface area contributed by atoms with Gasteiger partial charge >= 0.3 is 0 Å². The molecule has 0 fully saturated rings. The molecule has 2 aromatic carbocycles. The SMILES string of the molecule is Cc1cccc(-n2nc(CCCO)nc2-c2ccc(F)c3cccnc23)c1. The Morgan fingerprint density at radius 1 is 1.11 bits per heavy atom. The Morgan fingerprint density at radius 2 is 2.00 bits per heavy atom. The van der Waals surface area contributed by atoms with Crippen LogP contribution in [0.3, 0.4) is 0 Å². The van der Waals surface area contributed by atoms with Gasteiger partial charge in [0.1, 0.15) is 5.82 Å². The smallest absolute Gasteiger partial charge is 0.165 e. The van der Waals surface area contributed by atoms with Crippen molar-refractivity contribution >= 4 is 10.9 Å². The molecule has 4 rings (SSSR count). The van der Waals surface area contributed by atoms with Crippen molar-refractivity contribution < 1.29 is 9.50 Å². The molecule has 5 nitrogen and oxygen atoms in total. The van der Waals surface area contributed by atoms with Crippen LogP contribution >= 0.6 is 0 Å². The van der Waals surface area contributed by atoms with Crippen LogP contribution in [-0.2, 0) is 6.42 Å². The third kappa shape index (κ3) is 3.31. The van der Waals surface area contributed by atoms with Crippen molar-refractivity contribution in [2.75, 3.05) is 6.61 Å². The maximum Gasteiger partial charge on any atom is 0.165 e. The molecule has 2 heterocycles. The van der Waals surface area contributed by atoms with E-state index >= 15 is 0 Å². The lowest BCUT2D eigenvalue weighted by Gasteiger charge is -2.09. The van der Waals surface area contributed by atoms with Crippen LogP contribution in [0.1, 0.15) is 17.8 Å². The van der Waals surface area contributed by atoms with Crippen LogP contribution in [-0.4, -0.2) is 31.5 Å². The first-order valence-electron chi connectivity index (χ1n) is 8.85. The van der Waals surface area contributed by atoms with Crippen LogP contribution < -0.4 is 0 Å². The highest BCUT2D eigenvalue weighted by Crippen LogP contribution is 2.29. The number of fused-ring (bicyclic) bond motifs is 1. The second kappa shape index (κ2) is 7.25. The van der Waals surface area contributed by atoms with Crippen LogP contribution in [0.5, 0.6) is 0 Å². The zero-order valence-corrected chi connectivity index (χ0v) is 14.9. The van der Waals surface area contributed by atoms with Gasteiger partial charge in [-0.3, -0.25) is 4.98 Å². The zero-order chi connectivity index (χ0) is 18.8. The summed E-state index contributed by atoms with van der Waals surface area (Å²) in [6, 6.07) is 14.5. The molecule has 0 aliphatic carbocycles. The molecule has 0 aliphatic rings. The predicted molar refractivity (Wildman–Crippen MR) is 102 cm³/mol. The minimum absolute atomic E-state index is 0.0787. The maximum absolute atomic E-state index is 14.2. The van der Waals surface area contributed by atoms with E-state index in [1.807, 2.05) is 31.2 Å². The lowest BCUT2D eigenvalue weighted by atomic mass is 10.1. The van der Waals surface area contributed by atoms with Gasteiger partial charge in [-0.1, -0.05) is 12.1 Å². The molecule has 0 unspecified atom stereocenters. The average Bonchev–Trinajstić information content (AvgIpc) is 3.11. The Kier molecular flexibility index (Phi) is 4.64. The molecule has 136 valence electrons. The van der Waals surface area contributed by atoms with Crippen LogP contribution in [0.4, 0.5) is 4.39 Å². The minimum Gasteiger partial charge on any atom is -0.396 e. The first-order chi connectivity index (χ1) is 13.2. The van der Waals surface area contributed by atoms with Crippen LogP contribution in [0.15, 0.2) is 54.7 Å². The number of aryl methyl sites for hydroxylation is 2. The van der Waals surface area contributed by atoms with Gasteiger partial charge < -0.3 is 5.11 Å². The minimum atomic E-state index is -0.316. The number of hydrogen-bond donors (Lipinski definition) is 1. The normalized spacial score (nSPS) is 11.2. The van der Waals surface area contributed by atoms with Gasteiger partial charge in [0.2, 0.25) is 0 Å². The summed E-state index contributed by atoms with van der Waals surface area (Å²) in [5.74, 6) is 0.926. The van der Waals surface area contributed by atoms with E-state index < -0.39 is 0 Å². The van der Waals surface area contributed by atoms with E-state index in [-0.39, 0.29) is 12.4 Å². The first-order valence-corrected chi connectivity index (χ1v) is 8.85. The standard InChI is InChI=1S/C21H19FN4O/c1-14-5-2-6-15(13-14)26-21(24-19(25-26)8-4-12-27)17-9-10-18(22)16-7-3-11-23-20(16)17/h2-3,5-7,9-11,13,27H,4,8,12H2,1H3. The maximum atomic E-state index is 14.2. The summed E-state index contributed by atoms with van der Waals surface area (Å²) in [7, 11) is 0. The molecule has 0 atom stereocenters. The Bertz CT molecular complexity index is 1110. The van der Waals surface area contributed by atoms with Gasteiger partial charge in [0, 0.05) is 30.2 Å². The Labute approximate surface area is 156 Å². The summed E-state index contributed by atoms with van der Waals surface area (Å²) in [5.41, 5.74) is 3.25. The largest absolute Gasteiger partial charge is 0.396 e. The second-order valence-electron chi connectivity index (χ2n) is 6.42. The van der Waals surface area contributed by atoms with E-state index in [0.717, 1.165) is 16.8 Å². The van der Waals surface area contributed by atoms with Gasteiger partial charge in [-0.2, -0.15) is 5.10 Å². The fourth-order valence-corrected chi connectivity index (χ4v) is 3.13. The van der Waals surface area contributed by atoms with Gasteiger partial charge in [-0.25, -0.2) is 14.1 Å². The highest BCUT2D eigenvalue weighted by molar-refractivity contribution is 5.92. The summed E-state index contributed by atoms with van der Waals surface area (Å²) in [6.07, 6.45) is 2.79. The summed E-state index contributed by atoms with van der Waals surface area (Å²) in [5, 5.41) is 14.2. The van der Waals surface area contributed by atoms with Crippen LogP contribution in [0.2, 0.25) is 0 Å². The molecule has 27 heavy (non-hydrogen) atoms. The number of aliphatic hydroxyl groups excluding tert-OH is 1. The molecule has 0 amide bonds. The molecular weight excluding hydrogens is 343 g/mol. The van der Waals surface area contributed by atoms with Gasteiger partial charge in [0.25, 0.3) is 0 Å². The predicted octanol–water partition coefficient (Wildman–Crippen LogP) is 3.85. The van der Waals surface area contributed by atoms with Crippen molar-refractivity contribution in [1.82, 2.24) is 19.7 Å². The third-order valence-corrected chi connectivity index (χ3v) is 4.41. The number of nitrogens with zero attached hydrogens (tertiary/aromatic N) is 4. The number of benzene rings is 2. The molecule has 0 aliphatic heterocycles. The topological polar surface area (TPSA) is 63.8 Å². The van der Waals surface area contributed by atoms with Crippen LogP contribution in [0, 0.1) is 12.7 Å². The zero-order valence-electron chi connectivity index (χ0n) is 14.9. The number of hydrogen-bond acceptors (Lipinski definition) is 4. The fraction of sp³-hybridized carbons (Fsp3) is 0.190. The van der Waals surface area contributed by atoms with E-state index in [1.165, 1.54) is 6.07 Å². The van der Waals surface area contributed by atoms with Crippen molar-refractivity contribution in [3.63, 3.8) is 0 Å².